The fourth-order valence-electron chi connectivity index (χ4n) is 3.27. The minimum atomic E-state index is -3.55. The molecular formula is C18H24ClN3O2S+2. The van der Waals surface area contributed by atoms with Gasteiger partial charge in [-0.1, -0.05) is 41.9 Å². The van der Waals surface area contributed by atoms with Crippen LogP contribution in [0.3, 0.4) is 0 Å². The maximum absolute atomic E-state index is 12.6. The molecule has 0 amide bonds. The van der Waals surface area contributed by atoms with E-state index in [4.69, 9.17) is 11.6 Å². The van der Waals surface area contributed by atoms with Gasteiger partial charge in [0.25, 0.3) is 0 Å². The third kappa shape index (κ3) is 4.80. The molecule has 0 radical (unpaired) electrons. The zero-order valence-corrected chi connectivity index (χ0v) is 15.6. The van der Waals surface area contributed by atoms with Crippen LogP contribution in [-0.4, -0.2) is 41.1 Å². The Labute approximate surface area is 154 Å². The largest absolute Gasteiger partial charge is 0.337 e. The first-order valence-corrected chi connectivity index (χ1v) is 10.4. The van der Waals surface area contributed by atoms with Gasteiger partial charge in [-0.05, 0) is 24.3 Å². The van der Waals surface area contributed by atoms with Gasteiger partial charge in [-0.15, -0.1) is 0 Å². The van der Waals surface area contributed by atoms with Gasteiger partial charge in [0, 0.05) is 10.6 Å². The predicted octanol–water partition coefficient (Wildman–Crippen LogP) is -0.178. The van der Waals surface area contributed by atoms with Gasteiger partial charge in [-0.25, -0.2) is 13.1 Å². The van der Waals surface area contributed by atoms with Crippen LogP contribution in [0.15, 0.2) is 59.5 Å². The van der Waals surface area contributed by atoms with E-state index in [0.717, 1.165) is 26.2 Å². The standard InChI is InChI=1S/C18H22ClN3O2S/c19-16-6-8-17(9-7-16)25(23,24)21-14-18(15-4-2-1-3-5-15)22-12-10-20-11-13-22/h1-9,18,20-21H,10-14H2/p+2. The number of piperazine rings is 1. The number of halogens is 1. The first-order valence-electron chi connectivity index (χ1n) is 8.53. The molecule has 0 aliphatic carbocycles. The van der Waals surface area contributed by atoms with E-state index in [2.05, 4.69) is 22.2 Å². The summed E-state index contributed by atoms with van der Waals surface area (Å²) in [5, 5.41) is 2.83. The number of hydrogen-bond donors (Lipinski definition) is 3. The molecule has 1 aliphatic heterocycles. The average Bonchev–Trinajstić information content (AvgIpc) is 2.64. The highest BCUT2D eigenvalue weighted by Crippen LogP contribution is 2.15. The third-order valence-corrected chi connectivity index (χ3v) is 6.33. The number of hydrogen-bond acceptors (Lipinski definition) is 2. The summed E-state index contributed by atoms with van der Waals surface area (Å²) in [6.07, 6.45) is 0. The molecule has 1 saturated heterocycles. The van der Waals surface area contributed by atoms with Crippen molar-refractivity contribution in [3.05, 3.63) is 65.2 Å². The van der Waals surface area contributed by atoms with E-state index >= 15 is 0 Å². The monoisotopic (exact) mass is 381 g/mol. The Bertz CT molecular complexity index is 776. The summed E-state index contributed by atoms with van der Waals surface area (Å²) in [6, 6.07) is 16.5. The molecule has 1 unspecified atom stereocenters. The van der Waals surface area contributed by atoms with Gasteiger partial charge in [-0.2, -0.15) is 0 Å². The van der Waals surface area contributed by atoms with Crippen molar-refractivity contribution in [3.8, 4) is 0 Å². The summed E-state index contributed by atoms with van der Waals surface area (Å²) in [7, 11) is -3.55. The van der Waals surface area contributed by atoms with Gasteiger partial charge in [0.1, 0.15) is 32.2 Å². The molecule has 134 valence electrons. The van der Waals surface area contributed by atoms with Gasteiger partial charge in [-0.3, -0.25) is 0 Å². The highest BCUT2D eigenvalue weighted by molar-refractivity contribution is 7.89. The highest BCUT2D eigenvalue weighted by Gasteiger charge is 2.28. The van der Waals surface area contributed by atoms with E-state index in [1.54, 1.807) is 12.1 Å². The van der Waals surface area contributed by atoms with E-state index in [-0.39, 0.29) is 10.9 Å². The Morgan fingerprint density at radius 2 is 1.68 bits per heavy atom. The quantitative estimate of drug-likeness (QED) is 0.650. The van der Waals surface area contributed by atoms with Gasteiger partial charge < -0.3 is 10.2 Å². The Balaban J connectivity index is 1.77. The van der Waals surface area contributed by atoms with E-state index < -0.39 is 10.0 Å². The summed E-state index contributed by atoms with van der Waals surface area (Å²) >= 11 is 5.85. The molecule has 1 fully saturated rings. The van der Waals surface area contributed by atoms with Gasteiger partial charge in [0.2, 0.25) is 10.0 Å². The second-order valence-corrected chi connectivity index (χ2v) is 8.50. The summed E-state index contributed by atoms with van der Waals surface area (Å²) in [4.78, 5) is 1.66. The number of benzene rings is 2. The van der Waals surface area contributed by atoms with Gasteiger partial charge >= 0.3 is 0 Å². The van der Waals surface area contributed by atoms with Crippen molar-refractivity contribution in [2.45, 2.75) is 10.9 Å². The Kier molecular flexibility index (Phi) is 6.09. The van der Waals surface area contributed by atoms with Crippen molar-refractivity contribution in [1.29, 1.82) is 0 Å². The highest BCUT2D eigenvalue weighted by atomic mass is 35.5. The molecular weight excluding hydrogens is 358 g/mol. The molecule has 25 heavy (non-hydrogen) atoms. The fourth-order valence-corrected chi connectivity index (χ4v) is 4.44. The molecule has 0 aromatic heterocycles. The zero-order chi connectivity index (χ0) is 17.7. The fraction of sp³-hybridized carbons (Fsp3) is 0.333. The lowest BCUT2D eigenvalue weighted by Gasteiger charge is -2.30. The molecule has 1 aliphatic rings. The van der Waals surface area contributed by atoms with E-state index in [0.29, 0.717) is 11.6 Å². The summed E-state index contributed by atoms with van der Waals surface area (Å²) in [5.74, 6) is 0. The Morgan fingerprint density at radius 3 is 2.32 bits per heavy atom. The van der Waals surface area contributed by atoms with Crippen LogP contribution in [0.2, 0.25) is 5.02 Å². The van der Waals surface area contributed by atoms with Crippen LogP contribution >= 0.6 is 11.6 Å². The topological polar surface area (TPSA) is 67.2 Å². The number of rotatable bonds is 6. The van der Waals surface area contributed by atoms with E-state index in [9.17, 15) is 8.42 Å². The van der Waals surface area contributed by atoms with Crippen molar-refractivity contribution in [1.82, 2.24) is 4.72 Å². The van der Waals surface area contributed by atoms with Crippen LogP contribution in [0, 0.1) is 0 Å². The average molecular weight is 382 g/mol. The van der Waals surface area contributed by atoms with Crippen molar-refractivity contribution in [3.63, 3.8) is 0 Å². The van der Waals surface area contributed by atoms with Crippen molar-refractivity contribution in [2.75, 3.05) is 32.7 Å². The van der Waals surface area contributed by atoms with Crippen LogP contribution in [0.1, 0.15) is 11.6 Å². The van der Waals surface area contributed by atoms with Crippen LogP contribution in [-0.2, 0) is 10.0 Å². The Morgan fingerprint density at radius 1 is 1.04 bits per heavy atom. The summed E-state index contributed by atoms with van der Waals surface area (Å²) in [6.45, 7) is 4.58. The van der Waals surface area contributed by atoms with E-state index in [1.807, 2.05) is 18.2 Å². The van der Waals surface area contributed by atoms with Gasteiger partial charge in [0.05, 0.1) is 11.4 Å². The number of quaternary nitrogens is 2. The molecule has 5 nitrogen and oxygen atoms in total. The zero-order valence-electron chi connectivity index (χ0n) is 14.0. The van der Waals surface area contributed by atoms with E-state index in [1.165, 1.54) is 22.6 Å². The molecule has 1 heterocycles. The second kappa shape index (κ2) is 8.29. The lowest BCUT2D eigenvalue weighted by molar-refractivity contribution is -0.971. The first-order chi connectivity index (χ1) is 12.1. The summed E-state index contributed by atoms with van der Waals surface area (Å²) < 4.78 is 28.0. The smallest absolute Gasteiger partial charge is 0.240 e. The minimum Gasteiger partial charge on any atom is -0.337 e. The molecule has 1 atom stereocenters. The molecule has 2 aromatic carbocycles. The molecule has 0 spiro atoms. The normalized spacial score (nSPS) is 17.3. The minimum absolute atomic E-state index is 0.108. The molecule has 0 saturated carbocycles. The second-order valence-electron chi connectivity index (χ2n) is 6.29. The number of nitrogens with one attached hydrogen (secondary N) is 2. The Hall–Kier alpha value is -1.44. The van der Waals surface area contributed by atoms with Crippen LogP contribution in [0.4, 0.5) is 0 Å². The van der Waals surface area contributed by atoms with Crippen molar-refractivity contribution < 1.29 is 18.6 Å². The number of sulfonamides is 1. The first kappa shape index (κ1) is 18.4. The van der Waals surface area contributed by atoms with Crippen LogP contribution < -0.4 is 14.9 Å². The molecule has 3 rings (SSSR count). The molecule has 7 heteroatoms. The number of nitrogens with two attached hydrogens (primary N) is 1. The maximum atomic E-state index is 12.6. The lowest BCUT2D eigenvalue weighted by atomic mass is 10.0. The lowest BCUT2D eigenvalue weighted by Crippen LogP contribution is -3.21. The predicted molar refractivity (Wildman–Crippen MR) is 98.2 cm³/mol. The SMILES string of the molecule is O=S(=O)(NCC(c1ccccc1)[NH+]1CC[NH2+]CC1)c1ccc(Cl)cc1. The third-order valence-electron chi connectivity index (χ3n) is 4.64. The maximum Gasteiger partial charge on any atom is 0.240 e. The van der Waals surface area contributed by atoms with Crippen molar-refractivity contribution >= 4 is 21.6 Å². The summed E-state index contributed by atoms with van der Waals surface area (Å²) in [5.41, 5.74) is 1.17. The van der Waals surface area contributed by atoms with Crippen molar-refractivity contribution in [2.24, 2.45) is 0 Å². The van der Waals surface area contributed by atoms with Gasteiger partial charge in [0.15, 0.2) is 0 Å². The molecule has 2 aromatic rings. The molecule has 0 bridgehead atoms. The van der Waals surface area contributed by atoms with Crippen LogP contribution in [0.5, 0.6) is 0 Å². The molecule has 4 N–H and O–H groups in total. The van der Waals surface area contributed by atoms with Crippen LogP contribution in [0.25, 0.3) is 0 Å².